The van der Waals surface area contributed by atoms with E-state index in [1.165, 1.54) is 24.3 Å². The maximum atomic E-state index is 13.6. The second-order valence-corrected chi connectivity index (χ2v) is 8.25. The summed E-state index contributed by atoms with van der Waals surface area (Å²) in [5.74, 6) is -3.51. The number of hydrogen-bond donors (Lipinski definition) is 1. The van der Waals surface area contributed by atoms with E-state index in [9.17, 15) is 20.2 Å². The van der Waals surface area contributed by atoms with Gasteiger partial charge >= 0.3 is 0 Å². The molecular formula is C22H14BrFN4O2. The first-order valence-corrected chi connectivity index (χ1v) is 9.81. The molecule has 8 heteroatoms. The van der Waals surface area contributed by atoms with Gasteiger partial charge in [-0.3, -0.25) is 5.41 Å². The van der Waals surface area contributed by atoms with Crippen molar-refractivity contribution in [3.8, 4) is 18.2 Å². The van der Waals surface area contributed by atoms with Gasteiger partial charge < -0.3 is 9.47 Å². The standard InChI is InChI=1S/C22H14BrFN4O2/c1-13-21(12-27)19(28)30-22(13,15-5-7-17(24)8-6-15)29-18(20(21,10-25)11-26)14-3-2-4-16(23)9-14/h2-9,13,18,28H,1H3. The van der Waals surface area contributed by atoms with Crippen LogP contribution in [0.1, 0.15) is 24.2 Å². The SMILES string of the molecule is CC1C2(c3ccc(F)cc3)OC(=N)C1(C#N)C(C#N)(C#N)C(c1cccc(Br)c1)O2. The van der Waals surface area contributed by atoms with Crippen molar-refractivity contribution in [2.24, 2.45) is 16.7 Å². The van der Waals surface area contributed by atoms with Gasteiger partial charge in [0, 0.05) is 10.0 Å². The van der Waals surface area contributed by atoms with Gasteiger partial charge in [-0.1, -0.05) is 35.0 Å². The van der Waals surface area contributed by atoms with Crippen LogP contribution < -0.4 is 0 Å². The highest BCUT2D eigenvalue weighted by Gasteiger charge is 2.79. The maximum Gasteiger partial charge on any atom is 0.244 e. The molecule has 4 rings (SSSR count). The van der Waals surface area contributed by atoms with Crippen molar-refractivity contribution in [1.29, 1.82) is 21.2 Å². The van der Waals surface area contributed by atoms with Gasteiger partial charge in [0.15, 0.2) is 5.41 Å². The van der Waals surface area contributed by atoms with E-state index in [-0.39, 0.29) is 0 Å². The summed E-state index contributed by atoms with van der Waals surface area (Å²) < 4.78 is 26.4. The third-order valence-electron chi connectivity index (χ3n) is 6.07. The van der Waals surface area contributed by atoms with Crippen molar-refractivity contribution in [2.45, 2.75) is 18.8 Å². The van der Waals surface area contributed by atoms with Crippen molar-refractivity contribution in [2.75, 3.05) is 0 Å². The Morgan fingerprint density at radius 3 is 2.30 bits per heavy atom. The molecule has 1 N–H and O–H groups in total. The molecule has 0 saturated carbocycles. The number of ether oxygens (including phenoxy) is 2. The van der Waals surface area contributed by atoms with E-state index < -0.39 is 40.4 Å². The predicted octanol–water partition coefficient (Wildman–Crippen LogP) is 4.70. The van der Waals surface area contributed by atoms with Crippen molar-refractivity contribution in [3.05, 3.63) is 69.9 Å². The van der Waals surface area contributed by atoms with Crippen LogP contribution in [0.2, 0.25) is 0 Å². The molecule has 0 amide bonds. The third kappa shape index (κ3) is 2.25. The minimum Gasteiger partial charge on any atom is -0.443 e. The number of nitriles is 3. The molecule has 0 radical (unpaired) electrons. The van der Waals surface area contributed by atoms with Crippen LogP contribution >= 0.6 is 15.9 Å². The Kier molecular flexibility index (Phi) is 4.43. The van der Waals surface area contributed by atoms with E-state index in [2.05, 4.69) is 22.0 Å². The van der Waals surface area contributed by atoms with Crippen LogP contribution in [0.4, 0.5) is 4.39 Å². The maximum absolute atomic E-state index is 13.6. The first kappa shape index (κ1) is 20.0. The third-order valence-corrected chi connectivity index (χ3v) is 6.56. The average Bonchev–Trinajstić information content (AvgIpc) is 2.90. The Morgan fingerprint density at radius 1 is 1.07 bits per heavy atom. The molecule has 2 aliphatic heterocycles. The zero-order valence-corrected chi connectivity index (χ0v) is 17.3. The Hall–Kier alpha value is -3.25. The molecule has 2 aromatic carbocycles. The predicted molar refractivity (Wildman–Crippen MR) is 106 cm³/mol. The summed E-state index contributed by atoms with van der Waals surface area (Å²) in [6.45, 7) is 1.61. The fourth-order valence-electron chi connectivity index (χ4n) is 4.52. The molecule has 6 nitrogen and oxygen atoms in total. The zero-order chi connectivity index (χ0) is 21.7. The molecule has 2 bridgehead atoms. The van der Waals surface area contributed by atoms with E-state index in [0.29, 0.717) is 15.6 Å². The minimum atomic E-state index is -2.04. The summed E-state index contributed by atoms with van der Waals surface area (Å²) in [6.07, 6.45) is -1.20. The number of rotatable bonds is 2. The first-order valence-electron chi connectivity index (χ1n) is 9.02. The summed E-state index contributed by atoms with van der Waals surface area (Å²) in [5.41, 5.74) is -3.07. The Balaban J connectivity index is 2.04. The fourth-order valence-corrected chi connectivity index (χ4v) is 4.94. The molecule has 2 fully saturated rings. The smallest absolute Gasteiger partial charge is 0.244 e. The van der Waals surface area contributed by atoms with Crippen LogP contribution in [-0.4, -0.2) is 5.90 Å². The molecule has 4 atom stereocenters. The summed E-state index contributed by atoms with van der Waals surface area (Å²) in [6, 6.07) is 18.3. The topological polar surface area (TPSA) is 114 Å². The van der Waals surface area contributed by atoms with E-state index in [0.717, 1.165) is 0 Å². The lowest BCUT2D eigenvalue weighted by Gasteiger charge is -2.48. The number of benzene rings is 2. The Bertz CT molecular complexity index is 1170. The zero-order valence-electron chi connectivity index (χ0n) is 15.7. The monoisotopic (exact) mass is 464 g/mol. The van der Waals surface area contributed by atoms with Crippen LogP contribution in [0.3, 0.4) is 0 Å². The van der Waals surface area contributed by atoms with E-state index in [1.807, 2.05) is 12.1 Å². The minimum absolute atomic E-state index is 0.391. The lowest BCUT2D eigenvalue weighted by Crippen LogP contribution is -2.57. The van der Waals surface area contributed by atoms with Gasteiger partial charge in [0.05, 0.1) is 24.1 Å². The average molecular weight is 465 g/mol. The van der Waals surface area contributed by atoms with Crippen LogP contribution in [-0.2, 0) is 15.3 Å². The van der Waals surface area contributed by atoms with Crippen molar-refractivity contribution in [1.82, 2.24) is 0 Å². The van der Waals surface area contributed by atoms with Gasteiger partial charge in [-0.25, -0.2) is 4.39 Å². The van der Waals surface area contributed by atoms with E-state index >= 15 is 0 Å². The fraction of sp³-hybridized carbons (Fsp3) is 0.273. The summed E-state index contributed by atoms with van der Waals surface area (Å²) in [7, 11) is 0. The number of hydrogen-bond acceptors (Lipinski definition) is 6. The number of fused-ring (bicyclic) bond motifs is 2. The quantitative estimate of drug-likeness (QED) is 0.691. The lowest BCUT2D eigenvalue weighted by molar-refractivity contribution is -0.288. The molecule has 2 heterocycles. The number of nitrogens with zero attached hydrogens (tertiary/aromatic N) is 3. The summed E-state index contributed by atoms with van der Waals surface area (Å²) in [4.78, 5) is 0. The van der Waals surface area contributed by atoms with Crippen LogP contribution in [0.25, 0.3) is 0 Å². The molecule has 148 valence electrons. The van der Waals surface area contributed by atoms with Gasteiger partial charge in [-0.15, -0.1) is 0 Å². The molecule has 0 spiro atoms. The van der Waals surface area contributed by atoms with Gasteiger partial charge in [0.1, 0.15) is 11.9 Å². The molecular weight excluding hydrogens is 451 g/mol. The van der Waals surface area contributed by atoms with E-state index in [1.54, 1.807) is 31.2 Å². The normalized spacial score (nSPS) is 31.1. The highest BCUT2D eigenvalue weighted by Crippen LogP contribution is 2.68. The molecule has 2 aliphatic rings. The molecule has 2 saturated heterocycles. The number of halogens is 2. The van der Waals surface area contributed by atoms with Gasteiger partial charge in [0.2, 0.25) is 17.1 Å². The van der Waals surface area contributed by atoms with Gasteiger partial charge in [-0.2, -0.15) is 15.8 Å². The van der Waals surface area contributed by atoms with Crippen molar-refractivity contribution in [3.63, 3.8) is 0 Å². The summed E-state index contributed by atoms with van der Waals surface area (Å²) in [5, 5.41) is 39.1. The van der Waals surface area contributed by atoms with E-state index in [4.69, 9.17) is 14.9 Å². The molecule has 2 aromatic rings. The Morgan fingerprint density at radius 2 is 1.73 bits per heavy atom. The second-order valence-electron chi connectivity index (χ2n) is 7.33. The highest BCUT2D eigenvalue weighted by molar-refractivity contribution is 9.10. The molecule has 0 aromatic heterocycles. The van der Waals surface area contributed by atoms with Crippen molar-refractivity contribution >= 4 is 21.8 Å². The van der Waals surface area contributed by atoms with Crippen LogP contribution in [0.5, 0.6) is 0 Å². The Labute approximate surface area is 180 Å². The van der Waals surface area contributed by atoms with Crippen molar-refractivity contribution < 1.29 is 13.9 Å². The number of nitrogens with one attached hydrogen (secondary N) is 1. The molecule has 30 heavy (non-hydrogen) atoms. The molecule has 0 aliphatic carbocycles. The largest absolute Gasteiger partial charge is 0.443 e. The first-order chi connectivity index (χ1) is 14.3. The summed E-state index contributed by atoms with van der Waals surface area (Å²) >= 11 is 3.37. The second kappa shape index (κ2) is 6.64. The van der Waals surface area contributed by atoms with Crippen LogP contribution in [0, 0.1) is 62.0 Å². The highest BCUT2D eigenvalue weighted by atomic mass is 79.9. The lowest BCUT2D eigenvalue weighted by atomic mass is 9.53. The van der Waals surface area contributed by atoms with Gasteiger partial charge in [0.25, 0.3) is 0 Å². The van der Waals surface area contributed by atoms with Crippen LogP contribution in [0.15, 0.2) is 53.0 Å². The van der Waals surface area contributed by atoms with Gasteiger partial charge in [-0.05, 0) is 42.0 Å². The molecule has 4 unspecified atom stereocenters.